The zero-order chi connectivity index (χ0) is 20.6. The number of aromatic nitrogens is 1. The molecule has 0 aliphatic heterocycles. The molecule has 0 atom stereocenters. The predicted molar refractivity (Wildman–Crippen MR) is 98.0 cm³/mol. The SMILES string of the molecule is C=COC(=O)N(C)c1ncccc1COC(=O)CN(C)C(=O)OC(C)(C)C. The number of amides is 2. The van der Waals surface area contributed by atoms with E-state index in [9.17, 15) is 14.4 Å². The van der Waals surface area contributed by atoms with E-state index in [4.69, 9.17) is 14.2 Å². The first-order valence-electron chi connectivity index (χ1n) is 8.14. The summed E-state index contributed by atoms with van der Waals surface area (Å²) in [6.07, 6.45) is 1.19. The number of carbonyl (C=O) groups is 3. The van der Waals surface area contributed by atoms with E-state index in [2.05, 4.69) is 11.6 Å². The Morgan fingerprint density at radius 1 is 1.22 bits per heavy atom. The third kappa shape index (κ3) is 7.35. The van der Waals surface area contributed by atoms with Crippen LogP contribution >= 0.6 is 0 Å². The van der Waals surface area contributed by atoms with Crippen molar-refractivity contribution in [2.24, 2.45) is 0 Å². The van der Waals surface area contributed by atoms with Crippen LogP contribution in [0.2, 0.25) is 0 Å². The second kappa shape index (κ2) is 9.56. The Bertz CT molecular complexity index is 699. The molecule has 1 heterocycles. The molecule has 0 aliphatic rings. The van der Waals surface area contributed by atoms with Crippen molar-refractivity contribution in [3.63, 3.8) is 0 Å². The number of carbonyl (C=O) groups excluding carboxylic acids is 3. The summed E-state index contributed by atoms with van der Waals surface area (Å²) in [6, 6.07) is 3.30. The fourth-order valence-electron chi connectivity index (χ4n) is 1.88. The van der Waals surface area contributed by atoms with E-state index < -0.39 is 23.8 Å². The van der Waals surface area contributed by atoms with Crippen molar-refractivity contribution in [2.75, 3.05) is 25.5 Å². The molecule has 0 aliphatic carbocycles. The third-order valence-electron chi connectivity index (χ3n) is 3.10. The van der Waals surface area contributed by atoms with Gasteiger partial charge in [-0.15, -0.1) is 0 Å². The first-order valence-corrected chi connectivity index (χ1v) is 8.14. The van der Waals surface area contributed by atoms with Crippen LogP contribution in [0.15, 0.2) is 31.2 Å². The number of nitrogens with zero attached hydrogens (tertiary/aromatic N) is 3. The van der Waals surface area contributed by atoms with E-state index in [0.29, 0.717) is 5.56 Å². The highest BCUT2D eigenvalue weighted by atomic mass is 16.6. The molecule has 0 saturated heterocycles. The van der Waals surface area contributed by atoms with Crippen molar-refractivity contribution in [2.45, 2.75) is 33.0 Å². The standard InChI is InChI=1S/C18H25N3O6/c1-7-25-17(24)21(6)15-13(9-8-10-19-15)12-26-14(22)11-20(5)16(23)27-18(2,3)4/h7-10H,1,11-12H2,2-6H3. The molecule has 148 valence electrons. The van der Waals surface area contributed by atoms with Crippen LogP contribution in [0.3, 0.4) is 0 Å². The van der Waals surface area contributed by atoms with Gasteiger partial charge >= 0.3 is 18.2 Å². The van der Waals surface area contributed by atoms with Crippen molar-refractivity contribution < 1.29 is 28.6 Å². The van der Waals surface area contributed by atoms with Crippen LogP contribution in [0.25, 0.3) is 0 Å². The summed E-state index contributed by atoms with van der Waals surface area (Å²) < 4.78 is 15.1. The first kappa shape index (κ1) is 21.9. The molecule has 0 radical (unpaired) electrons. The third-order valence-corrected chi connectivity index (χ3v) is 3.10. The molecule has 0 saturated carbocycles. The zero-order valence-electron chi connectivity index (χ0n) is 16.2. The molecule has 0 aromatic carbocycles. The topological polar surface area (TPSA) is 98.3 Å². The lowest BCUT2D eigenvalue weighted by atomic mass is 10.2. The van der Waals surface area contributed by atoms with Gasteiger partial charge in [-0.2, -0.15) is 0 Å². The van der Waals surface area contributed by atoms with Gasteiger partial charge in [0.15, 0.2) is 0 Å². The van der Waals surface area contributed by atoms with E-state index in [0.717, 1.165) is 16.1 Å². The second-order valence-corrected chi connectivity index (χ2v) is 6.59. The highest BCUT2D eigenvalue weighted by molar-refractivity contribution is 5.87. The molecule has 9 nitrogen and oxygen atoms in total. The van der Waals surface area contributed by atoms with Crippen molar-refractivity contribution >= 4 is 24.0 Å². The van der Waals surface area contributed by atoms with Gasteiger partial charge in [0.05, 0.1) is 6.26 Å². The quantitative estimate of drug-likeness (QED) is 0.426. The van der Waals surface area contributed by atoms with Gasteiger partial charge in [0.25, 0.3) is 0 Å². The predicted octanol–water partition coefficient (Wildman–Crippen LogP) is 2.71. The summed E-state index contributed by atoms with van der Waals surface area (Å²) in [7, 11) is 2.90. The molecule has 1 rings (SSSR count). The zero-order valence-corrected chi connectivity index (χ0v) is 16.2. The van der Waals surface area contributed by atoms with Gasteiger partial charge in [-0.1, -0.05) is 12.6 Å². The molecule has 0 fully saturated rings. The smallest absolute Gasteiger partial charge is 0.420 e. The van der Waals surface area contributed by atoms with Gasteiger partial charge < -0.3 is 19.1 Å². The average Bonchev–Trinajstić information content (AvgIpc) is 2.58. The van der Waals surface area contributed by atoms with Gasteiger partial charge in [-0.3, -0.25) is 9.69 Å². The fourth-order valence-corrected chi connectivity index (χ4v) is 1.88. The van der Waals surface area contributed by atoms with E-state index in [-0.39, 0.29) is 19.0 Å². The first-order chi connectivity index (χ1) is 12.5. The Hall–Kier alpha value is -3.10. The molecule has 0 spiro atoms. The van der Waals surface area contributed by atoms with Crippen LogP contribution in [0.1, 0.15) is 26.3 Å². The Kier molecular flexibility index (Phi) is 7.77. The van der Waals surface area contributed by atoms with E-state index in [1.807, 2.05) is 0 Å². The van der Waals surface area contributed by atoms with E-state index in [1.54, 1.807) is 32.9 Å². The summed E-state index contributed by atoms with van der Waals surface area (Å²) in [4.78, 5) is 42.1. The van der Waals surface area contributed by atoms with Crippen LogP contribution in [0.5, 0.6) is 0 Å². The minimum Gasteiger partial charge on any atom is -0.459 e. The minimum absolute atomic E-state index is 0.129. The summed E-state index contributed by atoms with van der Waals surface area (Å²) in [5, 5.41) is 0. The fraction of sp³-hybridized carbons (Fsp3) is 0.444. The number of ether oxygens (including phenoxy) is 3. The number of esters is 1. The second-order valence-electron chi connectivity index (χ2n) is 6.59. The van der Waals surface area contributed by atoms with Crippen LogP contribution in [0, 0.1) is 0 Å². The number of rotatable bonds is 6. The van der Waals surface area contributed by atoms with Gasteiger partial charge in [-0.05, 0) is 26.8 Å². The molecular formula is C18H25N3O6. The maximum absolute atomic E-state index is 12.0. The molecule has 0 unspecified atom stereocenters. The average molecular weight is 379 g/mol. The van der Waals surface area contributed by atoms with Gasteiger partial charge in [0, 0.05) is 25.9 Å². The Balaban J connectivity index is 2.68. The van der Waals surface area contributed by atoms with Crippen molar-refractivity contribution in [3.8, 4) is 0 Å². The van der Waals surface area contributed by atoms with Crippen LogP contribution < -0.4 is 4.90 Å². The molecule has 27 heavy (non-hydrogen) atoms. The van der Waals surface area contributed by atoms with Crippen LogP contribution in [-0.2, 0) is 25.6 Å². The highest BCUT2D eigenvalue weighted by Gasteiger charge is 2.22. The monoisotopic (exact) mass is 379 g/mol. The molecule has 0 N–H and O–H groups in total. The lowest BCUT2D eigenvalue weighted by Gasteiger charge is -2.24. The molecule has 0 bridgehead atoms. The number of hydrogen-bond donors (Lipinski definition) is 0. The van der Waals surface area contributed by atoms with Gasteiger partial charge in [-0.25, -0.2) is 14.6 Å². The Morgan fingerprint density at radius 3 is 2.48 bits per heavy atom. The normalized spacial score (nSPS) is 10.6. The van der Waals surface area contributed by atoms with Crippen molar-refractivity contribution in [1.82, 2.24) is 9.88 Å². The largest absolute Gasteiger partial charge is 0.459 e. The molecule has 1 aromatic heterocycles. The minimum atomic E-state index is -0.680. The number of likely N-dealkylation sites (N-methyl/N-ethyl adjacent to an activating group) is 1. The van der Waals surface area contributed by atoms with Gasteiger partial charge in [0.1, 0.15) is 24.6 Å². The van der Waals surface area contributed by atoms with E-state index >= 15 is 0 Å². The lowest BCUT2D eigenvalue weighted by Crippen LogP contribution is -2.37. The van der Waals surface area contributed by atoms with Crippen LogP contribution in [0.4, 0.5) is 15.4 Å². The summed E-state index contributed by atoms with van der Waals surface area (Å²) in [5.41, 5.74) is -0.168. The summed E-state index contributed by atoms with van der Waals surface area (Å²) in [6.45, 7) is 8.11. The summed E-state index contributed by atoms with van der Waals surface area (Å²) in [5.74, 6) is -0.355. The molecule has 1 aromatic rings. The maximum atomic E-state index is 12.0. The summed E-state index contributed by atoms with van der Waals surface area (Å²) >= 11 is 0. The lowest BCUT2D eigenvalue weighted by molar-refractivity contribution is -0.145. The van der Waals surface area contributed by atoms with Crippen molar-refractivity contribution in [3.05, 3.63) is 36.7 Å². The molecule has 9 heteroatoms. The Morgan fingerprint density at radius 2 is 1.89 bits per heavy atom. The Labute approximate surface area is 158 Å². The van der Waals surface area contributed by atoms with Gasteiger partial charge in [0.2, 0.25) is 0 Å². The molecule has 2 amide bonds. The number of hydrogen-bond acceptors (Lipinski definition) is 7. The maximum Gasteiger partial charge on any atom is 0.420 e. The number of anilines is 1. The van der Waals surface area contributed by atoms with Crippen molar-refractivity contribution in [1.29, 1.82) is 0 Å². The molecular weight excluding hydrogens is 354 g/mol. The number of pyridine rings is 1. The highest BCUT2D eigenvalue weighted by Crippen LogP contribution is 2.18. The van der Waals surface area contributed by atoms with Crippen LogP contribution in [-0.4, -0.2) is 54.3 Å². The van der Waals surface area contributed by atoms with E-state index in [1.165, 1.54) is 20.3 Å².